The van der Waals surface area contributed by atoms with Crippen LogP contribution in [0.15, 0.2) is 18.3 Å². The van der Waals surface area contributed by atoms with E-state index >= 15 is 0 Å². The minimum absolute atomic E-state index is 0.112. The summed E-state index contributed by atoms with van der Waals surface area (Å²) < 4.78 is 0. The second-order valence-corrected chi connectivity index (χ2v) is 2.87. The molecule has 0 bridgehead atoms. The van der Waals surface area contributed by atoms with Crippen molar-refractivity contribution in [3.05, 3.63) is 29.6 Å². The zero-order chi connectivity index (χ0) is 9.14. The molecule has 1 heterocycles. The lowest BCUT2D eigenvalue weighted by Crippen LogP contribution is -2.27. The first-order chi connectivity index (χ1) is 5.61. The predicted molar refractivity (Wildman–Crippen MR) is 47.0 cm³/mol. The van der Waals surface area contributed by atoms with Crippen molar-refractivity contribution in [2.24, 2.45) is 5.73 Å². The highest BCUT2D eigenvalue weighted by atomic mass is 16.1. The second-order valence-electron chi connectivity index (χ2n) is 2.87. The molecule has 0 saturated heterocycles. The highest BCUT2D eigenvalue weighted by Crippen LogP contribution is 2.02. The van der Waals surface area contributed by atoms with Crippen molar-refractivity contribution in [2.45, 2.75) is 19.9 Å². The molecule has 1 aromatic rings. The van der Waals surface area contributed by atoms with E-state index in [1.807, 2.05) is 13.0 Å². The maximum absolute atomic E-state index is 11.3. The Hall–Kier alpha value is -1.22. The van der Waals surface area contributed by atoms with Crippen molar-refractivity contribution in [3.8, 4) is 0 Å². The lowest BCUT2D eigenvalue weighted by Gasteiger charge is -2.03. The lowest BCUT2D eigenvalue weighted by molar-refractivity contribution is 0.0963. The van der Waals surface area contributed by atoms with E-state index in [-0.39, 0.29) is 5.78 Å². The minimum Gasteiger partial charge on any atom is -0.321 e. The molecule has 1 rings (SSSR count). The van der Waals surface area contributed by atoms with Crippen molar-refractivity contribution in [1.29, 1.82) is 0 Å². The fourth-order valence-corrected chi connectivity index (χ4v) is 0.904. The van der Waals surface area contributed by atoms with Gasteiger partial charge in [-0.2, -0.15) is 0 Å². The van der Waals surface area contributed by atoms with Crippen LogP contribution in [-0.2, 0) is 0 Å². The highest BCUT2D eigenvalue weighted by Gasteiger charge is 2.11. The fourth-order valence-electron chi connectivity index (χ4n) is 0.904. The smallest absolute Gasteiger partial charge is 0.197 e. The molecule has 1 unspecified atom stereocenters. The van der Waals surface area contributed by atoms with Gasteiger partial charge >= 0.3 is 0 Å². The number of aromatic nitrogens is 1. The van der Waals surface area contributed by atoms with E-state index in [9.17, 15) is 4.79 Å². The number of carbonyl (C=O) groups excluding carboxylic acids is 1. The molecule has 0 aliphatic rings. The second kappa shape index (κ2) is 3.45. The zero-order valence-corrected chi connectivity index (χ0v) is 7.24. The van der Waals surface area contributed by atoms with Crippen LogP contribution in [0.2, 0.25) is 0 Å². The van der Waals surface area contributed by atoms with Crippen molar-refractivity contribution in [1.82, 2.24) is 4.98 Å². The minimum atomic E-state index is -0.473. The number of hydrogen-bond acceptors (Lipinski definition) is 3. The third-order valence-corrected chi connectivity index (χ3v) is 1.58. The summed E-state index contributed by atoms with van der Waals surface area (Å²) in [4.78, 5) is 15.2. The Bertz CT molecular complexity index is 294. The number of Topliss-reactive ketones (excluding diaryl/α,β-unsaturated/α-hetero) is 1. The van der Waals surface area contributed by atoms with Crippen LogP contribution in [0.3, 0.4) is 0 Å². The summed E-state index contributed by atoms with van der Waals surface area (Å²) in [5.41, 5.74) is 6.90. The molecule has 2 N–H and O–H groups in total. The van der Waals surface area contributed by atoms with Crippen molar-refractivity contribution in [3.63, 3.8) is 0 Å². The molecule has 64 valence electrons. The first kappa shape index (κ1) is 8.87. The lowest BCUT2D eigenvalue weighted by atomic mass is 10.1. The number of nitrogens with two attached hydrogens (primary N) is 1. The Morgan fingerprint density at radius 3 is 2.83 bits per heavy atom. The van der Waals surface area contributed by atoms with Crippen LogP contribution < -0.4 is 5.73 Å². The van der Waals surface area contributed by atoms with Crippen molar-refractivity contribution >= 4 is 5.78 Å². The maximum atomic E-state index is 11.3. The molecule has 3 heteroatoms. The Kier molecular flexibility index (Phi) is 2.55. The quantitative estimate of drug-likeness (QED) is 0.661. The van der Waals surface area contributed by atoms with E-state index in [2.05, 4.69) is 4.98 Å². The van der Waals surface area contributed by atoms with Crippen LogP contribution in [0.1, 0.15) is 23.0 Å². The van der Waals surface area contributed by atoms with E-state index in [1.165, 1.54) is 0 Å². The van der Waals surface area contributed by atoms with Crippen LogP contribution in [0.25, 0.3) is 0 Å². The molecular formula is C9H12N2O. The molecule has 0 radical (unpaired) electrons. The predicted octanol–water partition coefficient (Wildman–Crippen LogP) is 0.920. The summed E-state index contributed by atoms with van der Waals surface area (Å²) >= 11 is 0. The molecule has 1 aromatic heterocycles. The number of aryl methyl sites for hydroxylation is 1. The summed E-state index contributed by atoms with van der Waals surface area (Å²) in [6, 6.07) is 3.11. The normalized spacial score (nSPS) is 12.6. The first-order valence-electron chi connectivity index (χ1n) is 3.83. The van der Waals surface area contributed by atoms with E-state index in [0.717, 1.165) is 5.56 Å². The molecule has 0 aromatic carbocycles. The maximum Gasteiger partial charge on any atom is 0.197 e. The number of ketones is 1. The summed E-state index contributed by atoms with van der Waals surface area (Å²) in [6.07, 6.45) is 1.62. The Labute approximate surface area is 71.6 Å². The Morgan fingerprint density at radius 1 is 1.67 bits per heavy atom. The zero-order valence-electron chi connectivity index (χ0n) is 7.24. The van der Waals surface area contributed by atoms with E-state index < -0.39 is 6.04 Å². The molecule has 0 fully saturated rings. The Morgan fingerprint density at radius 2 is 2.33 bits per heavy atom. The van der Waals surface area contributed by atoms with Crippen molar-refractivity contribution in [2.75, 3.05) is 0 Å². The van der Waals surface area contributed by atoms with Crippen LogP contribution >= 0.6 is 0 Å². The molecule has 0 spiro atoms. The molecule has 12 heavy (non-hydrogen) atoms. The number of hydrogen-bond donors (Lipinski definition) is 1. The first-order valence-corrected chi connectivity index (χ1v) is 3.83. The Balaban J connectivity index is 2.96. The number of carbonyl (C=O) groups is 1. The monoisotopic (exact) mass is 164 g/mol. The van der Waals surface area contributed by atoms with E-state index in [4.69, 9.17) is 5.73 Å². The van der Waals surface area contributed by atoms with Gasteiger partial charge in [0.05, 0.1) is 6.04 Å². The van der Waals surface area contributed by atoms with E-state index in [1.54, 1.807) is 19.2 Å². The van der Waals surface area contributed by atoms with Gasteiger partial charge in [0, 0.05) is 6.20 Å². The molecule has 1 atom stereocenters. The largest absolute Gasteiger partial charge is 0.321 e. The number of rotatable bonds is 2. The van der Waals surface area contributed by atoms with Gasteiger partial charge in [0.1, 0.15) is 5.69 Å². The number of pyridine rings is 1. The van der Waals surface area contributed by atoms with Gasteiger partial charge in [0.15, 0.2) is 5.78 Å². The average molecular weight is 164 g/mol. The SMILES string of the molecule is Cc1ccnc(C(=O)C(C)N)c1. The van der Waals surface area contributed by atoms with Crippen LogP contribution in [0.4, 0.5) is 0 Å². The van der Waals surface area contributed by atoms with E-state index in [0.29, 0.717) is 5.69 Å². The standard InChI is InChI=1S/C9H12N2O/c1-6-3-4-11-8(5-6)9(12)7(2)10/h3-5,7H,10H2,1-2H3. The molecular weight excluding hydrogens is 152 g/mol. The van der Waals surface area contributed by atoms with Gasteiger partial charge in [0.2, 0.25) is 0 Å². The summed E-state index contributed by atoms with van der Waals surface area (Å²) in [6.45, 7) is 3.58. The molecule has 0 saturated carbocycles. The summed E-state index contributed by atoms with van der Waals surface area (Å²) in [7, 11) is 0. The van der Waals surface area contributed by atoms with Crippen LogP contribution in [0.5, 0.6) is 0 Å². The van der Waals surface area contributed by atoms with Gasteiger partial charge in [0.25, 0.3) is 0 Å². The third kappa shape index (κ3) is 1.89. The average Bonchev–Trinajstić information content (AvgIpc) is 2.03. The van der Waals surface area contributed by atoms with Gasteiger partial charge < -0.3 is 5.73 Å². The molecule has 0 aliphatic heterocycles. The van der Waals surface area contributed by atoms with Crippen LogP contribution in [0, 0.1) is 6.92 Å². The summed E-state index contributed by atoms with van der Waals surface area (Å²) in [5.74, 6) is -0.112. The highest BCUT2D eigenvalue weighted by molar-refractivity contribution is 5.98. The summed E-state index contributed by atoms with van der Waals surface area (Å²) in [5, 5.41) is 0. The molecule has 3 nitrogen and oxygen atoms in total. The third-order valence-electron chi connectivity index (χ3n) is 1.58. The topological polar surface area (TPSA) is 56.0 Å². The molecule has 0 amide bonds. The molecule has 0 aliphatic carbocycles. The van der Waals surface area contributed by atoms with Gasteiger partial charge in [-0.1, -0.05) is 0 Å². The van der Waals surface area contributed by atoms with Gasteiger partial charge in [-0.05, 0) is 31.5 Å². The van der Waals surface area contributed by atoms with Gasteiger partial charge in [-0.3, -0.25) is 9.78 Å². The van der Waals surface area contributed by atoms with Gasteiger partial charge in [-0.25, -0.2) is 0 Å². The number of nitrogens with zero attached hydrogens (tertiary/aromatic N) is 1. The van der Waals surface area contributed by atoms with Crippen molar-refractivity contribution < 1.29 is 4.79 Å². The fraction of sp³-hybridized carbons (Fsp3) is 0.333. The van der Waals surface area contributed by atoms with Gasteiger partial charge in [-0.15, -0.1) is 0 Å². The van der Waals surface area contributed by atoms with Crippen LogP contribution in [-0.4, -0.2) is 16.8 Å².